The average Bonchev–Trinajstić information content (AvgIpc) is 2.77. The zero-order chi connectivity index (χ0) is 21.1. The molecule has 0 saturated carbocycles. The van der Waals surface area contributed by atoms with Crippen LogP contribution in [0.5, 0.6) is 0 Å². The Labute approximate surface area is 180 Å². The topological polar surface area (TPSA) is 69.7 Å². The lowest BCUT2D eigenvalue weighted by molar-refractivity contribution is -0.135. The van der Waals surface area contributed by atoms with Gasteiger partial charge in [-0.2, -0.15) is 0 Å². The normalized spacial score (nSPS) is 18.7. The average molecular weight is 424 g/mol. The standard InChI is InChI=1S/C23H25N3O3S/c1-16-9-11-17(12-10-16)24-20(27)15-26-18-7-3-4-8-19(18)30-21(23(26)29)22(28)25-13-5-2-6-14-25/h3-4,7-12,21H,2,5-6,13-15H2,1H3,(H,24,27)/t21-/m1/s1. The van der Waals surface area contributed by atoms with Crippen molar-refractivity contribution in [3.63, 3.8) is 0 Å². The summed E-state index contributed by atoms with van der Waals surface area (Å²) < 4.78 is 0. The maximum absolute atomic E-state index is 13.3. The summed E-state index contributed by atoms with van der Waals surface area (Å²) in [6.07, 6.45) is 3.05. The molecule has 156 valence electrons. The smallest absolute Gasteiger partial charge is 0.250 e. The van der Waals surface area contributed by atoms with Crippen molar-refractivity contribution < 1.29 is 14.4 Å². The number of para-hydroxylation sites is 1. The Kier molecular flexibility index (Phi) is 6.08. The number of hydrogen-bond acceptors (Lipinski definition) is 4. The van der Waals surface area contributed by atoms with E-state index in [9.17, 15) is 14.4 Å². The predicted octanol–water partition coefficient (Wildman–Crippen LogP) is 3.45. The molecule has 0 aromatic heterocycles. The van der Waals surface area contributed by atoms with E-state index in [1.165, 1.54) is 16.7 Å². The van der Waals surface area contributed by atoms with Gasteiger partial charge < -0.3 is 15.1 Å². The molecule has 4 rings (SSSR count). The van der Waals surface area contributed by atoms with Gasteiger partial charge in [-0.15, -0.1) is 11.8 Å². The number of aryl methyl sites for hydroxylation is 1. The molecule has 0 spiro atoms. The highest BCUT2D eigenvalue weighted by molar-refractivity contribution is 8.01. The largest absolute Gasteiger partial charge is 0.341 e. The number of piperidine rings is 1. The van der Waals surface area contributed by atoms with Crippen LogP contribution in [0.15, 0.2) is 53.4 Å². The third-order valence-corrected chi connectivity index (χ3v) is 6.66. The van der Waals surface area contributed by atoms with E-state index in [1.807, 2.05) is 55.5 Å². The van der Waals surface area contributed by atoms with Crippen LogP contribution in [-0.4, -0.2) is 47.5 Å². The molecule has 30 heavy (non-hydrogen) atoms. The summed E-state index contributed by atoms with van der Waals surface area (Å²) in [6.45, 7) is 3.23. The Morgan fingerprint density at radius 3 is 2.47 bits per heavy atom. The van der Waals surface area contributed by atoms with Gasteiger partial charge in [0.2, 0.25) is 11.8 Å². The highest BCUT2D eigenvalue weighted by Gasteiger charge is 2.40. The SMILES string of the molecule is Cc1ccc(NC(=O)CN2C(=O)[C@@H](C(=O)N3CCCCC3)Sc3ccccc32)cc1. The third-order valence-electron chi connectivity index (χ3n) is 5.42. The molecule has 1 atom stereocenters. The first kappa shape index (κ1) is 20.5. The number of carbonyl (C=O) groups excluding carboxylic acids is 3. The first-order chi connectivity index (χ1) is 14.5. The van der Waals surface area contributed by atoms with Gasteiger partial charge in [-0.3, -0.25) is 14.4 Å². The Hall–Kier alpha value is -2.80. The number of fused-ring (bicyclic) bond motifs is 1. The molecule has 0 radical (unpaired) electrons. The second-order valence-corrected chi connectivity index (χ2v) is 8.84. The number of thioether (sulfide) groups is 1. The van der Waals surface area contributed by atoms with Crippen molar-refractivity contribution in [3.8, 4) is 0 Å². The number of amides is 3. The van der Waals surface area contributed by atoms with E-state index in [4.69, 9.17) is 0 Å². The summed E-state index contributed by atoms with van der Waals surface area (Å²) in [5.41, 5.74) is 2.46. The molecule has 6 nitrogen and oxygen atoms in total. The molecule has 0 bridgehead atoms. The second kappa shape index (κ2) is 8.92. The van der Waals surface area contributed by atoms with Crippen molar-refractivity contribution in [1.82, 2.24) is 4.90 Å². The number of likely N-dealkylation sites (tertiary alicyclic amines) is 1. The quantitative estimate of drug-likeness (QED) is 0.765. The van der Waals surface area contributed by atoms with Crippen LogP contribution in [0.25, 0.3) is 0 Å². The molecule has 1 fully saturated rings. The van der Waals surface area contributed by atoms with Crippen LogP contribution < -0.4 is 10.2 Å². The highest BCUT2D eigenvalue weighted by Crippen LogP contribution is 2.39. The number of rotatable bonds is 4. The molecule has 2 aliphatic rings. The Balaban J connectivity index is 1.54. The lowest BCUT2D eigenvalue weighted by Gasteiger charge is -2.36. The molecule has 2 aromatic carbocycles. The Morgan fingerprint density at radius 1 is 1.03 bits per heavy atom. The van der Waals surface area contributed by atoms with Crippen LogP contribution in [0.1, 0.15) is 24.8 Å². The highest BCUT2D eigenvalue weighted by atomic mass is 32.2. The molecule has 1 N–H and O–H groups in total. The van der Waals surface area contributed by atoms with E-state index in [0.717, 1.165) is 29.7 Å². The van der Waals surface area contributed by atoms with Crippen molar-refractivity contribution in [2.24, 2.45) is 0 Å². The van der Waals surface area contributed by atoms with E-state index in [0.29, 0.717) is 24.5 Å². The van der Waals surface area contributed by atoms with E-state index in [1.54, 1.807) is 4.90 Å². The van der Waals surface area contributed by atoms with Gasteiger partial charge in [-0.1, -0.05) is 29.8 Å². The van der Waals surface area contributed by atoms with Gasteiger partial charge in [0.1, 0.15) is 6.54 Å². The van der Waals surface area contributed by atoms with Gasteiger partial charge in [0.25, 0.3) is 5.91 Å². The maximum atomic E-state index is 13.3. The van der Waals surface area contributed by atoms with Gasteiger partial charge in [0.05, 0.1) is 5.69 Å². The molecule has 2 heterocycles. The van der Waals surface area contributed by atoms with Crippen LogP contribution in [0.2, 0.25) is 0 Å². The van der Waals surface area contributed by atoms with E-state index < -0.39 is 5.25 Å². The zero-order valence-electron chi connectivity index (χ0n) is 17.0. The first-order valence-corrected chi connectivity index (χ1v) is 11.1. The summed E-state index contributed by atoms with van der Waals surface area (Å²) in [5, 5.41) is 2.00. The minimum Gasteiger partial charge on any atom is -0.341 e. The Bertz CT molecular complexity index is 954. The predicted molar refractivity (Wildman–Crippen MR) is 119 cm³/mol. The fourth-order valence-corrected chi connectivity index (χ4v) is 4.99. The number of benzene rings is 2. The molecule has 0 aliphatic carbocycles. The molecule has 3 amide bonds. The van der Waals surface area contributed by atoms with Crippen LogP contribution in [0.3, 0.4) is 0 Å². The first-order valence-electron chi connectivity index (χ1n) is 10.3. The van der Waals surface area contributed by atoms with Crippen LogP contribution in [0, 0.1) is 6.92 Å². The number of anilines is 2. The molecular formula is C23H25N3O3S. The summed E-state index contributed by atoms with van der Waals surface area (Å²) in [4.78, 5) is 43.1. The summed E-state index contributed by atoms with van der Waals surface area (Å²) in [6, 6.07) is 14.9. The monoisotopic (exact) mass is 423 g/mol. The van der Waals surface area contributed by atoms with Crippen LogP contribution >= 0.6 is 11.8 Å². The fourth-order valence-electron chi connectivity index (χ4n) is 3.80. The van der Waals surface area contributed by atoms with E-state index in [-0.39, 0.29) is 24.3 Å². The second-order valence-electron chi connectivity index (χ2n) is 7.69. The number of nitrogens with zero attached hydrogens (tertiary/aromatic N) is 2. The summed E-state index contributed by atoms with van der Waals surface area (Å²) in [7, 11) is 0. The van der Waals surface area contributed by atoms with E-state index in [2.05, 4.69) is 5.32 Å². The number of carbonyl (C=O) groups is 3. The lowest BCUT2D eigenvalue weighted by atomic mass is 10.1. The lowest BCUT2D eigenvalue weighted by Crippen LogP contribution is -2.52. The zero-order valence-corrected chi connectivity index (χ0v) is 17.8. The molecule has 2 aromatic rings. The Morgan fingerprint density at radius 2 is 1.73 bits per heavy atom. The van der Waals surface area contributed by atoms with Crippen LogP contribution in [-0.2, 0) is 14.4 Å². The van der Waals surface area contributed by atoms with E-state index >= 15 is 0 Å². The third kappa shape index (κ3) is 4.36. The van der Waals surface area contributed by atoms with Crippen molar-refractivity contribution in [3.05, 3.63) is 54.1 Å². The summed E-state index contributed by atoms with van der Waals surface area (Å²) in [5.74, 6) is -0.769. The minimum absolute atomic E-state index is 0.131. The summed E-state index contributed by atoms with van der Waals surface area (Å²) >= 11 is 1.29. The van der Waals surface area contributed by atoms with Gasteiger partial charge >= 0.3 is 0 Å². The van der Waals surface area contributed by atoms with Crippen molar-refractivity contribution in [2.45, 2.75) is 36.3 Å². The molecule has 7 heteroatoms. The minimum atomic E-state index is -0.842. The van der Waals surface area contributed by atoms with Gasteiger partial charge in [0.15, 0.2) is 5.25 Å². The van der Waals surface area contributed by atoms with Gasteiger partial charge in [-0.05, 0) is 50.5 Å². The molecule has 0 unspecified atom stereocenters. The van der Waals surface area contributed by atoms with Crippen molar-refractivity contribution in [1.29, 1.82) is 0 Å². The fraction of sp³-hybridized carbons (Fsp3) is 0.348. The van der Waals surface area contributed by atoms with Crippen molar-refractivity contribution in [2.75, 3.05) is 29.9 Å². The van der Waals surface area contributed by atoms with Gasteiger partial charge in [-0.25, -0.2) is 0 Å². The van der Waals surface area contributed by atoms with Crippen molar-refractivity contribution >= 4 is 40.9 Å². The maximum Gasteiger partial charge on any atom is 0.250 e. The number of hydrogen-bond donors (Lipinski definition) is 1. The number of nitrogens with one attached hydrogen (secondary N) is 1. The van der Waals surface area contributed by atoms with Gasteiger partial charge in [0, 0.05) is 23.7 Å². The molecular weight excluding hydrogens is 398 g/mol. The molecule has 2 aliphatic heterocycles. The molecule has 1 saturated heterocycles. The van der Waals surface area contributed by atoms with Crippen LogP contribution in [0.4, 0.5) is 11.4 Å².